The number of rotatable bonds is 9. The molecular weight excluding hydrogens is 508 g/mol. The number of methoxy groups -OCH3 is 1. The van der Waals surface area contributed by atoms with Gasteiger partial charge in [-0.3, -0.25) is 0 Å². The average molecular weight is 545 g/mol. The lowest BCUT2D eigenvalue weighted by Gasteiger charge is -2.24. The first kappa shape index (κ1) is 27.1. The van der Waals surface area contributed by atoms with Gasteiger partial charge in [0.15, 0.2) is 0 Å². The van der Waals surface area contributed by atoms with Gasteiger partial charge in [-0.25, -0.2) is 9.97 Å². The van der Waals surface area contributed by atoms with Crippen LogP contribution >= 0.6 is 0 Å². The first-order chi connectivity index (χ1) is 19.1. The highest BCUT2D eigenvalue weighted by atomic mass is 16.8. The van der Waals surface area contributed by atoms with E-state index in [-0.39, 0.29) is 0 Å². The monoisotopic (exact) mass is 544 g/mol. The molecule has 2 aromatic carbocycles. The number of nitrogen functional groups attached to an aromatic ring is 1. The smallest absolute Gasteiger partial charge is 0.271 e. The molecule has 0 fully saturated rings. The van der Waals surface area contributed by atoms with Crippen LogP contribution in [0.15, 0.2) is 53.9 Å². The number of hydrogen-bond acceptors (Lipinski definition) is 10. The van der Waals surface area contributed by atoms with Crippen molar-refractivity contribution >= 4 is 39.8 Å². The van der Waals surface area contributed by atoms with E-state index in [1.807, 2.05) is 58.7 Å². The predicted molar refractivity (Wildman–Crippen MR) is 159 cm³/mol. The molecule has 5 rings (SSSR count). The first-order valence-corrected chi connectivity index (χ1v) is 13.0. The third-order valence-electron chi connectivity index (χ3n) is 6.75. The number of nitrogens with one attached hydrogen (secondary N) is 1. The number of para-hydroxylation sites is 1. The van der Waals surface area contributed by atoms with Gasteiger partial charge < -0.3 is 39.7 Å². The van der Waals surface area contributed by atoms with Crippen molar-refractivity contribution in [3.8, 4) is 17.0 Å². The highest BCUT2D eigenvalue weighted by Gasteiger charge is 2.33. The quantitative estimate of drug-likeness (QED) is 0.296. The summed E-state index contributed by atoms with van der Waals surface area (Å²) < 4.78 is 13.8. The number of anilines is 4. The van der Waals surface area contributed by atoms with E-state index >= 15 is 0 Å². The van der Waals surface area contributed by atoms with Crippen molar-refractivity contribution < 1.29 is 14.3 Å². The van der Waals surface area contributed by atoms with Gasteiger partial charge in [-0.2, -0.15) is 0 Å². The van der Waals surface area contributed by atoms with Crippen molar-refractivity contribution in [1.82, 2.24) is 19.4 Å². The van der Waals surface area contributed by atoms with E-state index in [0.717, 1.165) is 35.2 Å². The maximum absolute atomic E-state index is 6.48. The number of nitrogens with two attached hydrogens (primary N) is 1. The fourth-order valence-corrected chi connectivity index (χ4v) is 4.63. The molecule has 0 saturated heterocycles. The molecule has 0 aliphatic carbocycles. The van der Waals surface area contributed by atoms with E-state index in [4.69, 9.17) is 25.0 Å². The number of benzene rings is 2. The molecule has 0 amide bonds. The van der Waals surface area contributed by atoms with Crippen LogP contribution in [-0.2, 0) is 16.6 Å². The number of hydrogen-bond donors (Lipinski definition) is 2. The van der Waals surface area contributed by atoms with Crippen LogP contribution < -0.4 is 20.7 Å². The Labute approximate surface area is 234 Å². The second-order valence-corrected chi connectivity index (χ2v) is 10.6. The zero-order valence-corrected chi connectivity index (χ0v) is 24.0. The van der Waals surface area contributed by atoms with Crippen LogP contribution in [0.2, 0.25) is 0 Å². The number of oxime groups is 1. The first-order valence-electron chi connectivity index (χ1n) is 13.0. The normalized spacial score (nSPS) is 14.2. The number of fused-ring (bicyclic) bond motifs is 1. The lowest BCUT2D eigenvalue weighted by atomic mass is 10.1. The van der Waals surface area contributed by atoms with Crippen LogP contribution in [0, 0.1) is 0 Å². The van der Waals surface area contributed by atoms with Crippen LogP contribution in [0.4, 0.5) is 23.0 Å². The molecule has 11 heteroatoms. The molecule has 0 radical (unpaired) electrons. The van der Waals surface area contributed by atoms with Gasteiger partial charge in [0.25, 0.3) is 11.7 Å². The molecule has 0 spiro atoms. The summed E-state index contributed by atoms with van der Waals surface area (Å²) >= 11 is 0. The summed E-state index contributed by atoms with van der Waals surface area (Å²) in [6.45, 7) is 5.32. The Morgan fingerprint density at radius 3 is 2.58 bits per heavy atom. The Balaban J connectivity index is 1.55. The number of nitrogens with zero attached hydrogens (tertiary/aromatic N) is 6. The Bertz CT molecular complexity index is 1580. The van der Waals surface area contributed by atoms with Crippen LogP contribution in [-0.4, -0.2) is 72.5 Å². The lowest BCUT2D eigenvalue weighted by Crippen LogP contribution is -2.29. The molecule has 0 saturated carbocycles. The molecule has 0 bridgehead atoms. The maximum Gasteiger partial charge on any atom is 0.271 e. The number of likely N-dealkylation sites (N-methyl/N-ethyl adjacent to an activating group) is 2. The minimum atomic E-state index is -0.880. The maximum atomic E-state index is 6.48. The number of aryl methyl sites for hydroxylation is 1. The average Bonchev–Trinajstić information content (AvgIpc) is 3.46. The zero-order valence-electron chi connectivity index (χ0n) is 24.0. The second kappa shape index (κ2) is 10.6. The van der Waals surface area contributed by atoms with E-state index < -0.39 is 5.79 Å². The molecule has 210 valence electrons. The van der Waals surface area contributed by atoms with E-state index in [2.05, 4.69) is 42.0 Å². The molecule has 40 heavy (non-hydrogen) atoms. The van der Waals surface area contributed by atoms with Gasteiger partial charge in [0.05, 0.1) is 35.4 Å². The highest BCUT2D eigenvalue weighted by Crippen LogP contribution is 2.38. The Hall–Kier alpha value is -4.51. The largest absolute Gasteiger partial charge is 0.494 e. The minimum Gasteiger partial charge on any atom is -0.494 e. The molecule has 3 N–H and O–H groups in total. The van der Waals surface area contributed by atoms with E-state index in [1.165, 1.54) is 0 Å². The molecule has 2 aromatic heterocycles. The van der Waals surface area contributed by atoms with Crippen LogP contribution in [0.3, 0.4) is 0 Å². The van der Waals surface area contributed by atoms with E-state index in [9.17, 15) is 0 Å². The predicted octanol–water partition coefficient (Wildman–Crippen LogP) is 4.41. The molecule has 0 unspecified atom stereocenters. The number of ether oxygens (including phenoxy) is 2. The summed E-state index contributed by atoms with van der Waals surface area (Å²) in [6.07, 6.45) is 3.73. The Morgan fingerprint density at radius 1 is 1.10 bits per heavy atom. The molecular formula is C29H36N8O3. The lowest BCUT2D eigenvalue weighted by molar-refractivity contribution is -0.128. The van der Waals surface area contributed by atoms with Gasteiger partial charge in [0, 0.05) is 76.0 Å². The summed E-state index contributed by atoms with van der Waals surface area (Å²) in [5, 5.41) is 8.53. The van der Waals surface area contributed by atoms with Crippen LogP contribution in [0.25, 0.3) is 22.2 Å². The summed E-state index contributed by atoms with van der Waals surface area (Å²) in [5.41, 5.74) is 11.9. The molecule has 1 aliphatic rings. The van der Waals surface area contributed by atoms with Crippen molar-refractivity contribution in [2.24, 2.45) is 12.2 Å². The Morgan fingerprint density at radius 2 is 1.88 bits per heavy atom. The van der Waals surface area contributed by atoms with E-state index in [0.29, 0.717) is 40.2 Å². The van der Waals surface area contributed by atoms with Crippen molar-refractivity contribution in [2.75, 3.05) is 57.3 Å². The van der Waals surface area contributed by atoms with Crippen LogP contribution in [0.1, 0.15) is 19.4 Å². The van der Waals surface area contributed by atoms with Gasteiger partial charge in [0.1, 0.15) is 5.75 Å². The summed E-state index contributed by atoms with van der Waals surface area (Å²) in [6, 6.07) is 11.9. The van der Waals surface area contributed by atoms with Crippen molar-refractivity contribution in [2.45, 2.75) is 19.6 Å². The second-order valence-electron chi connectivity index (χ2n) is 10.6. The van der Waals surface area contributed by atoms with Crippen molar-refractivity contribution in [3.63, 3.8) is 0 Å². The minimum absolute atomic E-state index is 0.325. The van der Waals surface area contributed by atoms with Crippen LogP contribution in [0.5, 0.6) is 5.75 Å². The molecule has 0 atom stereocenters. The van der Waals surface area contributed by atoms with Crippen molar-refractivity contribution in [3.05, 3.63) is 54.4 Å². The summed E-state index contributed by atoms with van der Waals surface area (Å²) in [7, 11) is 9.73. The van der Waals surface area contributed by atoms with Crippen molar-refractivity contribution in [1.29, 1.82) is 0 Å². The fourth-order valence-electron chi connectivity index (χ4n) is 4.63. The molecule has 1 aliphatic heterocycles. The van der Waals surface area contributed by atoms with E-state index in [1.54, 1.807) is 27.2 Å². The molecule has 4 aromatic rings. The summed E-state index contributed by atoms with van der Waals surface area (Å²) in [5.74, 6) is 0.441. The highest BCUT2D eigenvalue weighted by molar-refractivity contribution is 6.05. The van der Waals surface area contributed by atoms with Gasteiger partial charge in [-0.1, -0.05) is 18.2 Å². The fraction of sp³-hybridized carbons (Fsp3) is 0.345. The topological polar surface area (TPSA) is 115 Å². The van der Waals surface area contributed by atoms with Gasteiger partial charge >= 0.3 is 0 Å². The zero-order chi connectivity index (χ0) is 28.6. The summed E-state index contributed by atoms with van der Waals surface area (Å²) in [4.78, 5) is 19.2. The molecule has 3 heterocycles. The van der Waals surface area contributed by atoms with Gasteiger partial charge in [-0.15, -0.1) is 0 Å². The third kappa shape index (κ3) is 5.32. The van der Waals surface area contributed by atoms with Gasteiger partial charge in [0.2, 0.25) is 5.95 Å². The Kier molecular flexibility index (Phi) is 7.16. The number of aromatic nitrogens is 3. The third-order valence-corrected chi connectivity index (χ3v) is 6.75. The molecule has 11 nitrogen and oxygen atoms in total. The van der Waals surface area contributed by atoms with Gasteiger partial charge in [-0.05, 0) is 31.4 Å². The standard InChI is InChI=1S/C29H36N8O3/c1-29(2)39-27(34-40-29)19-16-31-28(33-26(19)20-17-37(6)23-11-9-8-10-18(20)23)32-22-14-21(30)24(15-25(22)38-7)36(5)13-12-35(3)4/h8-11,14-17H,12-13,30H2,1-7H3,(H,31,32,33). The SMILES string of the molecule is COc1cc(N(C)CCN(C)C)c(N)cc1Nc1ncc(C2=NOC(C)(C)O2)c(-c2cn(C)c3ccccc23)n1.